The molecule has 3 aromatic heterocycles. The van der Waals surface area contributed by atoms with Crippen molar-refractivity contribution in [3.8, 4) is 10.6 Å². The summed E-state index contributed by atoms with van der Waals surface area (Å²) in [5.74, 6) is 0.602. The Labute approximate surface area is 209 Å². The van der Waals surface area contributed by atoms with E-state index in [9.17, 15) is 18.0 Å². The number of halogens is 3. The summed E-state index contributed by atoms with van der Waals surface area (Å²) >= 11 is 0.954. The highest BCUT2D eigenvalue weighted by Gasteiger charge is 2.38. The molecule has 9 nitrogen and oxygen atoms in total. The van der Waals surface area contributed by atoms with Crippen LogP contribution in [-0.4, -0.2) is 63.5 Å². The molecular formula is C23H25F3N8OS. The molecule has 13 heteroatoms. The lowest BCUT2D eigenvalue weighted by Crippen LogP contribution is -2.45. The number of aromatic nitrogens is 4. The maximum absolute atomic E-state index is 13.8. The molecule has 36 heavy (non-hydrogen) atoms. The second kappa shape index (κ2) is 10.2. The number of nitrogens with one attached hydrogen (secondary N) is 2. The van der Waals surface area contributed by atoms with E-state index in [1.807, 2.05) is 6.07 Å². The van der Waals surface area contributed by atoms with Gasteiger partial charge in [0.2, 0.25) is 12.4 Å². The van der Waals surface area contributed by atoms with Crippen LogP contribution in [0.5, 0.6) is 0 Å². The number of alkyl halides is 3. The maximum Gasteiger partial charge on any atom is 0.434 e. The van der Waals surface area contributed by atoms with Gasteiger partial charge in [0.1, 0.15) is 5.82 Å². The van der Waals surface area contributed by atoms with Gasteiger partial charge in [-0.1, -0.05) is 24.2 Å². The number of carbonyl (C=O) groups excluding carboxylic acids is 1. The Hall–Kier alpha value is -3.48. The molecule has 0 radical (unpaired) electrons. The van der Waals surface area contributed by atoms with Gasteiger partial charge >= 0.3 is 6.18 Å². The van der Waals surface area contributed by atoms with Gasteiger partial charge < -0.3 is 20.4 Å². The van der Waals surface area contributed by atoms with E-state index < -0.39 is 11.9 Å². The van der Waals surface area contributed by atoms with Crippen molar-refractivity contribution in [2.75, 3.05) is 41.7 Å². The molecule has 2 N–H and O–H groups in total. The van der Waals surface area contributed by atoms with Crippen LogP contribution in [-0.2, 0) is 11.0 Å². The number of anilines is 4. The van der Waals surface area contributed by atoms with Gasteiger partial charge in [-0.25, -0.2) is 19.9 Å². The van der Waals surface area contributed by atoms with E-state index in [-0.39, 0.29) is 27.7 Å². The average Bonchev–Trinajstić information content (AvgIpc) is 3.55. The predicted octanol–water partition coefficient (Wildman–Crippen LogP) is 4.39. The highest BCUT2D eigenvalue weighted by atomic mass is 32.1. The molecule has 0 bridgehead atoms. The van der Waals surface area contributed by atoms with Gasteiger partial charge in [0.15, 0.2) is 10.8 Å². The summed E-state index contributed by atoms with van der Waals surface area (Å²) in [7, 11) is 0. The molecule has 1 saturated heterocycles. The van der Waals surface area contributed by atoms with Crippen LogP contribution in [0.15, 0.2) is 30.6 Å². The number of carbonyl (C=O) groups is 1. The Balaban J connectivity index is 1.32. The fourth-order valence-electron chi connectivity index (χ4n) is 4.38. The Bertz CT molecular complexity index is 1190. The van der Waals surface area contributed by atoms with E-state index in [1.54, 1.807) is 17.2 Å². The maximum atomic E-state index is 13.8. The lowest BCUT2D eigenvalue weighted by atomic mass is 10.2. The summed E-state index contributed by atoms with van der Waals surface area (Å²) in [6, 6.07) is 5.25. The first-order valence-electron chi connectivity index (χ1n) is 11.7. The largest absolute Gasteiger partial charge is 0.434 e. The Kier molecular flexibility index (Phi) is 6.90. The van der Waals surface area contributed by atoms with Gasteiger partial charge in [-0.2, -0.15) is 13.2 Å². The topological polar surface area (TPSA) is 99.2 Å². The smallest absolute Gasteiger partial charge is 0.367 e. The fraction of sp³-hybridized carbons (Fsp3) is 0.435. The summed E-state index contributed by atoms with van der Waals surface area (Å²) < 4.78 is 41.3. The summed E-state index contributed by atoms with van der Waals surface area (Å²) in [5.41, 5.74) is 0.110. The van der Waals surface area contributed by atoms with E-state index in [0.29, 0.717) is 32.0 Å². The number of pyridine rings is 1. The number of thiazole rings is 1. The van der Waals surface area contributed by atoms with Gasteiger partial charge in [-0.3, -0.25) is 4.79 Å². The number of hydrogen-bond acceptors (Lipinski definition) is 9. The monoisotopic (exact) mass is 518 g/mol. The van der Waals surface area contributed by atoms with Crippen molar-refractivity contribution in [1.82, 2.24) is 24.8 Å². The third-order valence-electron chi connectivity index (χ3n) is 6.28. The van der Waals surface area contributed by atoms with Crippen molar-refractivity contribution in [1.29, 1.82) is 0 Å². The van der Waals surface area contributed by atoms with Crippen molar-refractivity contribution in [3.05, 3.63) is 36.3 Å². The minimum absolute atomic E-state index is 0.0498. The SMILES string of the molecule is O=CN1CCN(c2ccc(Nc3nccc(-c4sc(NC5CCCC5)nc4C(F)(F)F)n3)nc2)CC1. The van der Waals surface area contributed by atoms with E-state index >= 15 is 0 Å². The van der Waals surface area contributed by atoms with Crippen molar-refractivity contribution in [2.45, 2.75) is 37.9 Å². The van der Waals surface area contributed by atoms with E-state index in [1.165, 1.54) is 12.3 Å². The molecule has 1 aliphatic carbocycles. The average molecular weight is 519 g/mol. The van der Waals surface area contributed by atoms with Crippen LogP contribution in [0.1, 0.15) is 31.4 Å². The summed E-state index contributed by atoms with van der Waals surface area (Å²) in [6.07, 6.45) is 3.35. The number of rotatable bonds is 7. The molecule has 3 aromatic rings. The molecule has 1 saturated carbocycles. The van der Waals surface area contributed by atoms with Crippen molar-refractivity contribution in [2.24, 2.45) is 0 Å². The molecule has 4 heterocycles. The number of hydrogen-bond donors (Lipinski definition) is 2. The summed E-state index contributed by atoms with van der Waals surface area (Å²) in [5, 5.41) is 6.37. The molecule has 0 aromatic carbocycles. The third-order valence-corrected chi connectivity index (χ3v) is 7.29. The lowest BCUT2D eigenvalue weighted by molar-refractivity contribution is -0.140. The van der Waals surface area contributed by atoms with Gasteiger partial charge in [0, 0.05) is 38.4 Å². The highest BCUT2D eigenvalue weighted by Crippen LogP contribution is 2.42. The second-order valence-electron chi connectivity index (χ2n) is 8.74. The summed E-state index contributed by atoms with van der Waals surface area (Å²) in [6.45, 7) is 2.73. The predicted molar refractivity (Wildman–Crippen MR) is 131 cm³/mol. The minimum Gasteiger partial charge on any atom is -0.367 e. The van der Waals surface area contributed by atoms with Crippen molar-refractivity contribution in [3.63, 3.8) is 0 Å². The first-order valence-corrected chi connectivity index (χ1v) is 12.6. The molecule has 0 spiro atoms. The number of nitrogens with zero attached hydrogens (tertiary/aromatic N) is 6. The molecule has 0 unspecified atom stereocenters. The zero-order valence-electron chi connectivity index (χ0n) is 19.3. The summed E-state index contributed by atoms with van der Waals surface area (Å²) in [4.78, 5) is 31.4. The van der Waals surface area contributed by atoms with Crippen LogP contribution < -0.4 is 15.5 Å². The van der Waals surface area contributed by atoms with Gasteiger partial charge in [-0.15, -0.1) is 0 Å². The van der Waals surface area contributed by atoms with Crippen LogP contribution >= 0.6 is 11.3 Å². The van der Waals surface area contributed by atoms with Crippen molar-refractivity contribution < 1.29 is 18.0 Å². The van der Waals surface area contributed by atoms with Crippen LogP contribution in [0.4, 0.5) is 35.8 Å². The van der Waals surface area contributed by atoms with Crippen LogP contribution in [0, 0.1) is 0 Å². The quantitative estimate of drug-likeness (QED) is 0.445. The Morgan fingerprint density at radius 2 is 1.81 bits per heavy atom. The van der Waals surface area contributed by atoms with E-state index in [2.05, 4.69) is 35.5 Å². The molecule has 5 rings (SSSR count). The molecular weight excluding hydrogens is 493 g/mol. The second-order valence-corrected chi connectivity index (χ2v) is 9.74. The molecule has 2 aliphatic rings. The molecule has 1 aliphatic heterocycles. The van der Waals surface area contributed by atoms with Crippen LogP contribution in [0.25, 0.3) is 10.6 Å². The highest BCUT2D eigenvalue weighted by molar-refractivity contribution is 7.19. The Morgan fingerprint density at radius 3 is 2.47 bits per heavy atom. The van der Waals surface area contributed by atoms with E-state index in [0.717, 1.165) is 49.1 Å². The van der Waals surface area contributed by atoms with Gasteiger partial charge in [0.25, 0.3) is 0 Å². The van der Waals surface area contributed by atoms with Crippen molar-refractivity contribution >= 4 is 40.3 Å². The number of piperazine rings is 1. The third kappa shape index (κ3) is 5.50. The van der Waals surface area contributed by atoms with E-state index in [4.69, 9.17) is 0 Å². The standard InChI is InChI=1S/C23H25F3N8OS/c24-23(25,26)20-19(36-22(32-20)29-15-3-1-2-4-15)17-7-8-27-21(30-17)31-18-6-5-16(13-28-18)34-11-9-33(14-35)10-12-34/h5-8,13-15H,1-4,9-12H2,(H,29,32)(H,27,28,30,31). The zero-order valence-corrected chi connectivity index (χ0v) is 20.1. The zero-order chi connectivity index (χ0) is 25.1. The first kappa shape index (κ1) is 24.2. The van der Waals surface area contributed by atoms with Gasteiger partial charge in [-0.05, 0) is 31.0 Å². The molecule has 2 fully saturated rings. The minimum atomic E-state index is -4.60. The van der Waals surface area contributed by atoms with Crippen LogP contribution in [0.3, 0.4) is 0 Å². The number of amides is 1. The fourth-order valence-corrected chi connectivity index (χ4v) is 5.42. The van der Waals surface area contributed by atoms with Crippen LogP contribution in [0.2, 0.25) is 0 Å². The Morgan fingerprint density at radius 1 is 1.03 bits per heavy atom. The normalized spacial score (nSPS) is 16.9. The van der Waals surface area contributed by atoms with Gasteiger partial charge in [0.05, 0.1) is 22.5 Å². The molecule has 190 valence electrons. The lowest BCUT2D eigenvalue weighted by Gasteiger charge is -2.33. The molecule has 0 atom stereocenters. The molecule has 1 amide bonds. The first-order chi connectivity index (χ1) is 17.4.